The van der Waals surface area contributed by atoms with Crippen molar-refractivity contribution >= 4 is 39.1 Å². The fourth-order valence-electron chi connectivity index (χ4n) is 2.05. The number of nitrogens with zero attached hydrogens (tertiary/aromatic N) is 1. The monoisotopic (exact) mass is 309 g/mol. The molecule has 2 rings (SSSR count). The summed E-state index contributed by atoms with van der Waals surface area (Å²) in [5.41, 5.74) is 0.868. The molecule has 0 radical (unpaired) electrons. The quantitative estimate of drug-likeness (QED) is 0.805. The molecule has 1 amide bonds. The molecular weight excluding hydrogens is 298 g/mol. The minimum atomic E-state index is -0.627. The number of Topliss-reactive ketones (excluding diaryl/α,β-unsaturated/α-hetero) is 2. The summed E-state index contributed by atoms with van der Waals surface area (Å²) in [5, 5.41) is 0. The fraction of sp³-hybridized carbons (Fsp3) is 0.308. The van der Waals surface area contributed by atoms with Gasteiger partial charge in [-0.2, -0.15) is 0 Å². The number of carbonyl (C=O) groups excluding carboxylic acids is 3. The van der Waals surface area contributed by atoms with Gasteiger partial charge in [0.1, 0.15) is 0 Å². The summed E-state index contributed by atoms with van der Waals surface area (Å²) in [6.07, 6.45) is 0.336. The first-order valence-corrected chi connectivity index (χ1v) is 6.46. The number of hydrogen-bond donors (Lipinski definition) is 0. The van der Waals surface area contributed by atoms with Crippen molar-refractivity contribution in [3.63, 3.8) is 0 Å². The van der Waals surface area contributed by atoms with Gasteiger partial charge in [0.15, 0.2) is 5.78 Å². The summed E-state index contributed by atoms with van der Waals surface area (Å²) in [7, 11) is 0. The Balaban J connectivity index is 2.51. The highest BCUT2D eigenvalue weighted by Gasteiger charge is 2.40. The molecule has 0 N–H and O–H groups in total. The molecule has 5 heteroatoms. The van der Waals surface area contributed by atoms with E-state index in [1.165, 1.54) is 4.90 Å². The third-order valence-electron chi connectivity index (χ3n) is 3.08. The van der Waals surface area contributed by atoms with E-state index in [1.54, 1.807) is 32.0 Å². The molecule has 94 valence electrons. The van der Waals surface area contributed by atoms with Crippen molar-refractivity contribution in [1.82, 2.24) is 0 Å². The zero-order chi connectivity index (χ0) is 13.4. The topological polar surface area (TPSA) is 54.5 Å². The highest BCUT2D eigenvalue weighted by molar-refractivity contribution is 9.10. The standard InChI is InChI=1S/C13H12BrNO3/c1-3-11(16)7(2)15-10-6-8(14)4-5-9(10)12(17)13(15)18/h4-7H,3H2,1-2H3. The number of benzene rings is 1. The molecule has 1 aromatic carbocycles. The number of rotatable bonds is 3. The van der Waals surface area contributed by atoms with Gasteiger partial charge in [0, 0.05) is 10.9 Å². The molecule has 18 heavy (non-hydrogen) atoms. The zero-order valence-electron chi connectivity index (χ0n) is 10.1. The first kappa shape index (κ1) is 13.0. The van der Waals surface area contributed by atoms with E-state index in [9.17, 15) is 14.4 Å². The van der Waals surface area contributed by atoms with Gasteiger partial charge in [0.25, 0.3) is 11.7 Å². The first-order chi connectivity index (χ1) is 8.47. The van der Waals surface area contributed by atoms with Gasteiger partial charge in [0.2, 0.25) is 0 Å². The molecule has 4 nitrogen and oxygen atoms in total. The molecule has 1 aromatic rings. The third kappa shape index (κ3) is 1.88. The number of amides is 1. The summed E-state index contributed by atoms with van der Waals surface area (Å²) in [5.74, 6) is -1.24. The van der Waals surface area contributed by atoms with Crippen LogP contribution in [0.4, 0.5) is 5.69 Å². The largest absolute Gasteiger partial charge is 0.300 e. The summed E-state index contributed by atoms with van der Waals surface area (Å²) in [6.45, 7) is 3.38. The molecule has 1 aliphatic rings. The number of halogens is 1. The van der Waals surface area contributed by atoms with E-state index in [-0.39, 0.29) is 5.78 Å². The lowest BCUT2D eigenvalue weighted by Gasteiger charge is -2.23. The predicted octanol–water partition coefficient (Wildman–Crippen LogP) is 2.35. The third-order valence-corrected chi connectivity index (χ3v) is 3.57. The summed E-state index contributed by atoms with van der Waals surface area (Å²) < 4.78 is 0.768. The average molecular weight is 310 g/mol. The Labute approximate surface area is 113 Å². The zero-order valence-corrected chi connectivity index (χ0v) is 11.7. The Morgan fingerprint density at radius 1 is 1.39 bits per heavy atom. The molecule has 0 bridgehead atoms. The Morgan fingerprint density at radius 3 is 2.67 bits per heavy atom. The second kappa shape index (κ2) is 4.65. The molecule has 1 atom stereocenters. The number of ketones is 2. The lowest BCUT2D eigenvalue weighted by Crippen LogP contribution is -2.42. The fourth-order valence-corrected chi connectivity index (χ4v) is 2.40. The summed E-state index contributed by atoms with van der Waals surface area (Å²) in [4.78, 5) is 36.8. The minimum absolute atomic E-state index is 0.0658. The molecule has 0 spiro atoms. The number of anilines is 1. The van der Waals surface area contributed by atoms with Crippen LogP contribution in [0.3, 0.4) is 0 Å². The maximum absolute atomic E-state index is 11.9. The average Bonchev–Trinajstić information content (AvgIpc) is 2.60. The van der Waals surface area contributed by atoms with Crippen LogP contribution in [0.1, 0.15) is 30.6 Å². The Bertz CT molecular complexity index is 553. The smallest absolute Gasteiger partial charge is 0.297 e. The molecule has 1 heterocycles. The maximum atomic E-state index is 11.9. The SMILES string of the molecule is CCC(=O)C(C)N1C(=O)C(=O)c2ccc(Br)cc21. The van der Waals surface area contributed by atoms with E-state index in [4.69, 9.17) is 0 Å². The highest BCUT2D eigenvalue weighted by atomic mass is 79.9. The van der Waals surface area contributed by atoms with Crippen LogP contribution < -0.4 is 4.90 Å². The van der Waals surface area contributed by atoms with Gasteiger partial charge in [-0.05, 0) is 25.1 Å². The van der Waals surface area contributed by atoms with Gasteiger partial charge < -0.3 is 0 Å². The van der Waals surface area contributed by atoms with Gasteiger partial charge in [-0.3, -0.25) is 19.3 Å². The molecule has 0 saturated carbocycles. The predicted molar refractivity (Wildman–Crippen MR) is 70.7 cm³/mol. The van der Waals surface area contributed by atoms with Crippen LogP contribution in [0, 0.1) is 0 Å². The van der Waals surface area contributed by atoms with Crippen LogP contribution in [0.2, 0.25) is 0 Å². The molecule has 0 aliphatic carbocycles. The van der Waals surface area contributed by atoms with Crippen molar-refractivity contribution in [2.45, 2.75) is 26.3 Å². The van der Waals surface area contributed by atoms with E-state index in [2.05, 4.69) is 15.9 Å². The van der Waals surface area contributed by atoms with Crippen LogP contribution >= 0.6 is 15.9 Å². The van der Waals surface area contributed by atoms with E-state index >= 15 is 0 Å². The number of carbonyl (C=O) groups is 3. The maximum Gasteiger partial charge on any atom is 0.300 e. The lowest BCUT2D eigenvalue weighted by molar-refractivity contribution is -0.122. The van der Waals surface area contributed by atoms with Crippen LogP contribution in [-0.2, 0) is 9.59 Å². The first-order valence-electron chi connectivity index (χ1n) is 5.67. The van der Waals surface area contributed by atoms with Crippen molar-refractivity contribution < 1.29 is 14.4 Å². The number of hydrogen-bond acceptors (Lipinski definition) is 3. The van der Waals surface area contributed by atoms with E-state index in [1.807, 2.05) is 0 Å². The van der Waals surface area contributed by atoms with Crippen LogP contribution in [-0.4, -0.2) is 23.5 Å². The minimum Gasteiger partial charge on any atom is -0.297 e. The summed E-state index contributed by atoms with van der Waals surface area (Å²) >= 11 is 3.30. The van der Waals surface area contributed by atoms with Gasteiger partial charge in [-0.25, -0.2) is 0 Å². The molecule has 1 aliphatic heterocycles. The molecular formula is C13H12BrNO3. The molecule has 1 unspecified atom stereocenters. The molecule has 0 aromatic heterocycles. The highest BCUT2D eigenvalue weighted by Crippen LogP contribution is 2.33. The van der Waals surface area contributed by atoms with Crippen LogP contribution in [0.25, 0.3) is 0 Å². The van der Waals surface area contributed by atoms with Crippen LogP contribution in [0.15, 0.2) is 22.7 Å². The van der Waals surface area contributed by atoms with Crippen molar-refractivity contribution in [2.24, 2.45) is 0 Å². The second-order valence-corrected chi connectivity index (χ2v) is 5.08. The molecule has 0 fully saturated rings. The normalized spacial score (nSPS) is 15.8. The van der Waals surface area contributed by atoms with Crippen LogP contribution in [0.5, 0.6) is 0 Å². The summed E-state index contributed by atoms with van der Waals surface area (Å²) in [6, 6.07) is 4.39. The Morgan fingerprint density at radius 2 is 2.06 bits per heavy atom. The Kier molecular flexibility index (Phi) is 3.34. The number of fused-ring (bicyclic) bond motifs is 1. The lowest BCUT2D eigenvalue weighted by atomic mass is 10.1. The van der Waals surface area contributed by atoms with Gasteiger partial charge >= 0.3 is 0 Å². The molecule has 0 saturated heterocycles. The van der Waals surface area contributed by atoms with Crippen molar-refractivity contribution in [3.05, 3.63) is 28.2 Å². The van der Waals surface area contributed by atoms with E-state index < -0.39 is 17.7 Å². The van der Waals surface area contributed by atoms with Crippen molar-refractivity contribution in [1.29, 1.82) is 0 Å². The van der Waals surface area contributed by atoms with Crippen molar-refractivity contribution in [3.8, 4) is 0 Å². The second-order valence-electron chi connectivity index (χ2n) is 4.16. The Hall–Kier alpha value is -1.49. The van der Waals surface area contributed by atoms with Gasteiger partial charge in [0.05, 0.1) is 17.3 Å². The van der Waals surface area contributed by atoms with E-state index in [0.29, 0.717) is 17.7 Å². The van der Waals surface area contributed by atoms with E-state index in [0.717, 1.165) is 4.47 Å². The van der Waals surface area contributed by atoms with Crippen molar-refractivity contribution in [2.75, 3.05) is 4.90 Å². The van der Waals surface area contributed by atoms with Gasteiger partial charge in [-0.1, -0.05) is 22.9 Å². The van der Waals surface area contributed by atoms with Gasteiger partial charge in [-0.15, -0.1) is 0 Å².